The predicted molar refractivity (Wildman–Crippen MR) is 103 cm³/mol. The lowest BCUT2D eigenvalue weighted by atomic mass is 10.2. The summed E-state index contributed by atoms with van der Waals surface area (Å²) >= 11 is 0. The van der Waals surface area contributed by atoms with Crippen LogP contribution in [-0.4, -0.2) is 15.9 Å². The monoisotopic (exact) mass is 364 g/mol. The highest BCUT2D eigenvalue weighted by Crippen LogP contribution is 2.31. The number of aromatic amines is 1. The van der Waals surface area contributed by atoms with Crippen molar-refractivity contribution < 1.29 is 13.9 Å². The largest absolute Gasteiger partial charge is 0.453 e. The van der Waals surface area contributed by atoms with E-state index in [1.807, 2.05) is 0 Å². The van der Waals surface area contributed by atoms with Gasteiger partial charge in [0.1, 0.15) is 11.4 Å². The quantitative estimate of drug-likeness (QED) is 0.455. The number of nitrogens with one attached hydrogen (secondary N) is 2. The lowest BCUT2D eigenvalue weighted by Crippen LogP contribution is -2.13. The molecular weight excluding hydrogens is 347 g/mol. The van der Waals surface area contributed by atoms with Gasteiger partial charge in [0.25, 0.3) is 5.91 Å². The van der Waals surface area contributed by atoms with Crippen LogP contribution in [0, 0.1) is 5.82 Å². The number of fused-ring (bicyclic) bond motifs is 1. The van der Waals surface area contributed by atoms with Gasteiger partial charge in [0.05, 0.1) is 5.39 Å². The number of aromatic nitrogens is 2. The van der Waals surface area contributed by atoms with Crippen molar-refractivity contribution in [3.05, 3.63) is 85.1 Å². The van der Waals surface area contributed by atoms with Crippen LogP contribution in [0.15, 0.2) is 79.3 Å². The zero-order chi connectivity index (χ0) is 19.2. The molecule has 2 aromatic heterocycles. The minimum atomic E-state index is -0.614. The number of hydrogen-bond donors (Lipinski definition) is 3. The van der Waals surface area contributed by atoms with E-state index < -0.39 is 11.7 Å². The molecule has 2 heterocycles. The Kier molecular flexibility index (Phi) is 5.32. The molecule has 4 N–H and O–H groups in total. The fraction of sp³-hybridized carbons (Fsp3) is 0. The molecule has 0 bridgehead atoms. The number of amides is 1. The maximum Gasteiger partial charge on any atom is 0.255 e. The summed E-state index contributed by atoms with van der Waals surface area (Å²) in [7, 11) is 0. The van der Waals surface area contributed by atoms with Crippen molar-refractivity contribution in [1.82, 2.24) is 9.97 Å². The molecule has 1 amide bonds. The molecular formula is C20H17FN4O2. The predicted octanol–water partition coefficient (Wildman–Crippen LogP) is 4.02. The number of rotatable bonds is 6. The second-order valence-electron chi connectivity index (χ2n) is 5.47. The third kappa shape index (κ3) is 4.04. The topological polar surface area (TPSA) is 93.0 Å². The highest BCUT2D eigenvalue weighted by Gasteiger charge is 2.12. The molecule has 3 rings (SSSR count). The molecule has 7 heteroatoms. The Morgan fingerprint density at radius 3 is 2.89 bits per heavy atom. The maximum absolute atomic E-state index is 14.4. The summed E-state index contributed by atoms with van der Waals surface area (Å²) in [4.78, 5) is 19.3. The first-order valence-corrected chi connectivity index (χ1v) is 8.04. The number of hydrogen-bond acceptors (Lipinski definition) is 4. The fourth-order valence-electron chi connectivity index (χ4n) is 2.45. The molecule has 6 nitrogen and oxygen atoms in total. The van der Waals surface area contributed by atoms with E-state index in [0.717, 1.165) is 5.39 Å². The van der Waals surface area contributed by atoms with Crippen molar-refractivity contribution >= 4 is 22.6 Å². The number of anilines is 1. The molecule has 27 heavy (non-hydrogen) atoms. The van der Waals surface area contributed by atoms with Gasteiger partial charge in [-0.05, 0) is 42.6 Å². The third-order valence-corrected chi connectivity index (χ3v) is 3.67. The summed E-state index contributed by atoms with van der Waals surface area (Å²) < 4.78 is 20.1. The zero-order valence-corrected chi connectivity index (χ0v) is 14.3. The number of ether oxygens (including phenoxy) is 1. The van der Waals surface area contributed by atoms with Crippen molar-refractivity contribution in [3.8, 4) is 11.5 Å². The van der Waals surface area contributed by atoms with Gasteiger partial charge >= 0.3 is 0 Å². The highest BCUT2D eigenvalue weighted by molar-refractivity contribution is 6.05. The molecule has 0 aliphatic heterocycles. The van der Waals surface area contributed by atoms with Crippen LogP contribution in [0.3, 0.4) is 0 Å². The number of halogens is 1. The number of carbonyl (C=O) groups is 1. The first-order valence-electron chi connectivity index (χ1n) is 8.04. The van der Waals surface area contributed by atoms with Crippen LogP contribution in [0.1, 0.15) is 0 Å². The van der Waals surface area contributed by atoms with Crippen LogP contribution >= 0.6 is 0 Å². The number of H-pyrrole nitrogens is 1. The highest BCUT2D eigenvalue weighted by atomic mass is 19.1. The summed E-state index contributed by atoms with van der Waals surface area (Å²) in [6.45, 7) is 3.54. The Hall–Kier alpha value is -3.87. The average Bonchev–Trinajstić information content (AvgIpc) is 3.13. The minimum absolute atomic E-state index is 0.0328. The fourth-order valence-corrected chi connectivity index (χ4v) is 2.45. The van der Waals surface area contributed by atoms with Gasteiger partial charge < -0.3 is 20.8 Å². The third-order valence-electron chi connectivity index (χ3n) is 3.67. The van der Waals surface area contributed by atoms with E-state index in [2.05, 4.69) is 21.9 Å². The van der Waals surface area contributed by atoms with Crippen LogP contribution in [-0.2, 0) is 4.79 Å². The number of benzene rings is 1. The van der Waals surface area contributed by atoms with Gasteiger partial charge in [-0.25, -0.2) is 9.37 Å². The Morgan fingerprint density at radius 1 is 1.30 bits per heavy atom. The molecule has 0 aliphatic carbocycles. The molecule has 0 radical (unpaired) electrons. The number of pyridine rings is 1. The molecule has 0 aliphatic rings. The number of allylic oxidation sites excluding steroid dienone is 2. The van der Waals surface area contributed by atoms with E-state index in [9.17, 15) is 9.18 Å². The Labute approximate surface area is 154 Å². The Balaban J connectivity index is 1.80. The van der Waals surface area contributed by atoms with Crippen molar-refractivity contribution in [2.75, 3.05) is 5.32 Å². The molecule has 3 aromatic rings. The lowest BCUT2D eigenvalue weighted by molar-refractivity contribution is -0.112. The first-order chi connectivity index (χ1) is 13.1. The average molecular weight is 364 g/mol. The smallest absolute Gasteiger partial charge is 0.255 e. The first kappa shape index (κ1) is 17.9. The van der Waals surface area contributed by atoms with Crippen LogP contribution in [0.2, 0.25) is 0 Å². The van der Waals surface area contributed by atoms with E-state index in [1.165, 1.54) is 36.6 Å². The number of carbonyl (C=O) groups excluding carboxylic acids is 1. The van der Waals surface area contributed by atoms with Crippen molar-refractivity contribution in [3.63, 3.8) is 0 Å². The number of nitrogens with two attached hydrogens (primary N) is 1. The molecule has 0 fully saturated rings. The van der Waals surface area contributed by atoms with Crippen LogP contribution in [0.5, 0.6) is 11.5 Å². The summed E-state index contributed by atoms with van der Waals surface area (Å²) in [6, 6.07) is 7.61. The molecule has 0 atom stereocenters. The normalized spacial score (nSPS) is 11.7. The van der Waals surface area contributed by atoms with Crippen LogP contribution in [0.25, 0.3) is 11.0 Å². The van der Waals surface area contributed by atoms with Gasteiger partial charge in [-0.3, -0.25) is 4.79 Å². The van der Waals surface area contributed by atoms with Crippen molar-refractivity contribution in [2.45, 2.75) is 0 Å². The van der Waals surface area contributed by atoms with Gasteiger partial charge in [0.2, 0.25) is 0 Å². The second kappa shape index (κ2) is 8.01. The molecule has 0 spiro atoms. The van der Waals surface area contributed by atoms with Gasteiger partial charge in [-0.15, -0.1) is 0 Å². The molecule has 0 saturated heterocycles. The summed E-state index contributed by atoms with van der Waals surface area (Å²) in [5, 5.41) is 3.33. The molecule has 0 unspecified atom stereocenters. The van der Waals surface area contributed by atoms with Crippen molar-refractivity contribution in [1.29, 1.82) is 0 Å². The summed E-state index contributed by atoms with van der Waals surface area (Å²) in [5.41, 5.74) is 6.54. The number of nitrogens with zero attached hydrogens (tertiary/aromatic N) is 1. The zero-order valence-electron chi connectivity index (χ0n) is 14.3. The second-order valence-corrected chi connectivity index (χ2v) is 5.47. The Morgan fingerprint density at radius 2 is 2.15 bits per heavy atom. The van der Waals surface area contributed by atoms with E-state index in [1.54, 1.807) is 30.6 Å². The minimum Gasteiger partial charge on any atom is -0.453 e. The van der Waals surface area contributed by atoms with E-state index >= 15 is 0 Å². The maximum atomic E-state index is 14.4. The van der Waals surface area contributed by atoms with E-state index in [0.29, 0.717) is 17.0 Å². The van der Waals surface area contributed by atoms with Gasteiger partial charge in [-0.1, -0.05) is 12.7 Å². The van der Waals surface area contributed by atoms with Crippen LogP contribution in [0.4, 0.5) is 10.1 Å². The van der Waals surface area contributed by atoms with Gasteiger partial charge in [0, 0.05) is 29.7 Å². The molecule has 136 valence electrons. The van der Waals surface area contributed by atoms with Crippen LogP contribution < -0.4 is 15.8 Å². The SMILES string of the molecule is C=C/C=C(\C=C/N)C(=O)Nc1ccc(Oc2ccnc3[nH]ccc23)c(F)c1. The summed E-state index contributed by atoms with van der Waals surface area (Å²) in [6.07, 6.45) is 8.92. The standard InChI is InChI=1S/C20H17FN4O2/c1-2-3-13(6-9-22)20(26)25-14-4-5-18(16(21)12-14)27-17-8-11-24-19-15(17)7-10-23-19/h2-12H,1,22H2,(H,23,24)(H,25,26)/b9-6-,13-3+. The van der Waals surface area contributed by atoms with E-state index in [4.69, 9.17) is 10.5 Å². The molecule has 0 saturated carbocycles. The Bertz CT molecular complexity index is 1050. The van der Waals surface area contributed by atoms with Gasteiger partial charge in [-0.2, -0.15) is 0 Å². The van der Waals surface area contributed by atoms with E-state index in [-0.39, 0.29) is 11.4 Å². The van der Waals surface area contributed by atoms with Crippen molar-refractivity contribution in [2.24, 2.45) is 5.73 Å². The molecule has 1 aromatic carbocycles. The summed E-state index contributed by atoms with van der Waals surface area (Å²) in [5.74, 6) is -0.545. The van der Waals surface area contributed by atoms with Gasteiger partial charge in [0.15, 0.2) is 11.6 Å². The lowest BCUT2D eigenvalue weighted by Gasteiger charge is -2.10.